The van der Waals surface area contributed by atoms with Crippen LogP contribution in [0.3, 0.4) is 0 Å². The van der Waals surface area contributed by atoms with Gasteiger partial charge in [0.05, 0.1) is 11.2 Å². The Kier molecular flexibility index (Phi) is 6.59. The van der Waals surface area contributed by atoms with E-state index < -0.39 is 0 Å². The number of hydrogen-bond acceptors (Lipinski definition) is 4. The van der Waals surface area contributed by atoms with Crippen LogP contribution in [-0.4, -0.2) is 68.5 Å². The maximum atomic E-state index is 13.3. The molecule has 3 heterocycles. The van der Waals surface area contributed by atoms with Crippen molar-refractivity contribution in [2.24, 2.45) is 7.05 Å². The van der Waals surface area contributed by atoms with Crippen LogP contribution >= 0.6 is 0 Å². The highest BCUT2D eigenvalue weighted by Gasteiger charge is 2.24. The molecule has 188 valence electrons. The molecule has 0 bridgehead atoms. The molecule has 1 fully saturated rings. The maximum absolute atomic E-state index is 13.3. The minimum atomic E-state index is -0.271. The number of amides is 3. The molecule has 0 spiro atoms. The van der Waals surface area contributed by atoms with Crippen LogP contribution in [0.1, 0.15) is 39.0 Å². The largest absolute Gasteiger partial charge is 0.347 e. The monoisotopic (exact) mass is 496 g/mol. The third-order valence-corrected chi connectivity index (χ3v) is 6.66. The predicted molar refractivity (Wildman–Crippen MR) is 143 cm³/mol. The van der Waals surface area contributed by atoms with Gasteiger partial charge in [-0.2, -0.15) is 5.10 Å². The van der Waals surface area contributed by atoms with E-state index in [2.05, 4.69) is 15.5 Å². The van der Waals surface area contributed by atoms with Crippen molar-refractivity contribution in [3.63, 3.8) is 0 Å². The molecule has 1 saturated heterocycles. The van der Waals surface area contributed by atoms with Gasteiger partial charge in [0.15, 0.2) is 0 Å². The highest BCUT2D eigenvalue weighted by Crippen LogP contribution is 2.24. The normalized spacial score (nSPS) is 13.9. The van der Waals surface area contributed by atoms with Gasteiger partial charge < -0.3 is 19.7 Å². The molecule has 3 amide bonds. The van der Waals surface area contributed by atoms with Crippen molar-refractivity contribution < 1.29 is 14.4 Å². The van der Waals surface area contributed by atoms with Crippen LogP contribution in [0.4, 0.5) is 5.69 Å². The number of H-pyrrole nitrogens is 1. The Morgan fingerprint density at radius 3 is 2.43 bits per heavy atom. The van der Waals surface area contributed by atoms with Gasteiger partial charge in [-0.25, -0.2) is 0 Å². The standard InChI is InChI=1S/C28H28N6O3/c1-19(35)33-14-16-34(17-15-33)28(37)21-10-9-20(11-12-24-22-6-3-4-7-23(22)30-31-24)25(18-21)29-27(36)26-8-5-13-32(26)2/h3-13,18H,14-17H2,1-2H3,(H,29,36)(H,30,31). The van der Waals surface area contributed by atoms with Crippen molar-refractivity contribution in [3.05, 3.63) is 83.3 Å². The number of aromatic nitrogens is 3. The minimum absolute atomic E-state index is 0.0126. The number of rotatable bonds is 5. The number of carbonyl (C=O) groups excluding carboxylic acids is 3. The number of aromatic amines is 1. The lowest BCUT2D eigenvalue weighted by atomic mass is 10.1. The molecule has 9 heteroatoms. The maximum Gasteiger partial charge on any atom is 0.272 e. The highest BCUT2D eigenvalue weighted by molar-refractivity contribution is 6.06. The first-order chi connectivity index (χ1) is 17.9. The molecule has 0 saturated carbocycles. The molecule has 0 aliphatic carbocycles. The van der Waals surface area contributed by atoms with Crippen LogP contribution in [0, 0.1) is 0 Å². The molecular formula is C28H28N6O3. The zero-order chi connectivity index (χ0) is 25.9. The average Bonchev–Trinajstić information content (AvgIpc) is 3.53. The number of fused-ring (bicyclic) bond motifs is 1. The van der Waals surface area contributed by atoms with E-state index in [9.17, 15) is 14.4 Å². The Morgan fingerprint density at radius 2 is 1.70 bits per heavy atom. The van der Waals surface area contributed by atoms with Crippen LogP contribution in [0.2, 0.25) is 0 Å². The zero-order valence-corrected chi connectivity index (χ0v) is 20.8. The number of hydrogen-bond donors (Lipinski definition) is 2. The van der Waals surface area contributed by atoms with E-state index in [4.69, 9.17) is 0 Å². The number of piperazine rings is 1. The van der Waals surface area contributed by atoms with Gasteiger partial charge in [0, 0.05) is 63.0 Å². The summed E-state index contributed by atoms with van der Waals surface area (Å²) >= 11 is 0. The molecule has 1 aliphatic rings. The second kappa shape index (κ2) is 10.1. The Balaban J connectivity index is 1.44. The third-order valence-electron chi connectivity index (χ3n) is 6.66. The summed E-state index contributed by atoms with van der Waals surface area (Å²) in [5, 5.41) is 11.4. The highest BCUT2D eigenvalue weighted by atomic mass is 16.2. The molecular weight excluding hydrogens is 468 g/mol. The predicted octanol–water partition coefficient (Wildman–Crippen LogP) is 3.63. The Labute approximate surface area is 214 Å². The number of nitrogens with zero attached hydrogens (tertiary/aromatic N) is 4. The molecule has 2 aromatic carbocycles. The summed E-state index contributed by atoms with van der Waals surface area (Å²) < 4.78 is 1.74. The van der Waals surface area contributed by atoms with E-state index >= 15 is 0 Å². The zero-order valence-electron chi connectivity index (χ0n) is 20.8. The fourth-order valence-corrected chi connectivity index (χ4v) is 4.51. The van der Waals surface area contributed by atoms with Crippen LogP contribution in [-0.2, 0) is 11.8 Å². The van der Waals surface area contributed by atoms with Crippen molar-refractivity contribution in [1.29, 1.82) is 0 Å². The van der Waals surface area contributed by atoms with Crippen molar-refractivity contribution in [3.8, 4) is 0 Å². The van der Waals surface area contributed by atoms with Crippen LogP contribution in [0.5, 0.6) is 0 Å². The fourth-order valence-electron chi connectivity index (χ4n) is 4.51. The quantitative estimate of drug-likeness (QED) is 0.440. The van der Waals surface area contributed by atoms with Gasteiger partial charge in [0.2, 0.25) is 5.91 Å². The first-order valence-electron chi connectivity index (χ1n) is 12.1. The number of benzene rings is 2. The first kappa shape index (κ1) is 24.1. The molecule has 1 aliphatic heterocycles. The van der Waals surface area contributed by atoms with Crippen molar-refractivity contribution in [2.75, 3.05) is 31.5 Å². The molecule has 9 nitrogen and oxygen atoms in total. The van der Waals surface area contributed by atoms with Gasteiger partial charge >= 0.3 is 0 Å². The molecule has 0 atom stereocenters. The third kappa shape index (κ3) is 5.02. The van der Waals surface area contributed by atoms with Crippen molar-refractivity contribution in [2.45, 2.75) is 6.92 Å². The lowest BCUT2D eigenvalue weighted by Gasteiger charge is -2.34. The van der Waals surface area contributed by atoms with Gasteiger partial charge in [-0.05, 0) is 42.0 Å². The Hall–Kier alpha value is -4.66. The smallest absolute Gasteiger partial charge is 0.272 e. The van der Waals surface area contributed by atoms with Gasteiger partial charge in [-0.15, -0.1) is 0 Å². The second-order valence-electron chi connectivity index (χ2n) is 9.05. The number of nitrogens with one attached hydrogen (secondary N) is 2. The molecule has 0 unspecified atom stereocenters. The van der Waals surface area contributed by atoms with Crippen LogP contribution in [0.15, 0.2) is 60.8 Å². The minimum Gasteiger partial charge on any atom is -0.347 e. The van der Waals surface area contributed by atoms with Crippen molar-refractivity contribution >= 4 is 46.5 Å². The number of carbonyl (C=O) groups is 3. The van der Waals surface area contributed by atoms with E-state index in [1.54, 1.807) is 51.9 Å². The Morgan fingerprint density at radius 1 is 0.946 bits per heavy atom. The van der Waals surface area contributed by atoms with E-state index in [1.807, 2.05) is 42.5 Å². The van der Waals surface area contributed by atoms with Gasteiger partial charge in [-0.1, -0.05) is 30.3 Å². The summed E-state index contributed by atoms with van der Waals surface area (Å²) in [5.74, 6) is -0.392. The molecule has 4 aromatic rings. The van der Waals surface area contributed by atoms with Crippen molar-refractivity contribution in [1.82, 2.24) is 24.6 Å². The molecule has 2 N–H and O–H groups in total. The number of aryl methyl sites for hydroxylation is 1. The second-order valence-corrected chi connectivity index (χ2v) is 9.05. The van der Waals surface area contributed by atoms with E-state index in [1.165, 1.54) is 6.92 Å². The van der Waals surface area contributed by atoms with E-state index in [-0.39, 0.29) is 17.7 Å². The molecule has 0 radical (unpaired) electrons. The van der Waals surface area contributed by atoms with Crippen LogP contribution < -0.4 is 5.32 Å². The average molecular weight is 497 g/mol. The lowest BCUT2D eigenvalue weighted by Crippen LogP contribution is -2.50. The lowest BCUT2D eigenvalue weighted by molar-refractivity contribution is -0.130. The SMILES string of the molecule is CC(=O)N1CCN(C(=O)c2ccc(C=Cc3n[nH]c4ccccc34)c(NC(=O)c3cccn3C)c2)CC1. The van der Waals surface area contributed by atoms with Gasteiger partial charge in [-0.3, -0.25) is 19.5 Å². The number of para-hydroxylation sites is 1. The molecule has 37 heavy (non-hydrogen) atoms. The summed E-state index contributed by atoms with van der Waals surface area (Å²) in [6, 6.07) is 16.7. The summed E-state index contributed by atoms with van der Waals surface area (Å²) in [5.41, 5.74) is 3.96. The molecule has 5 rings (SSSR count). The summed E-state index contributed by atoms with van der Waals surface area (Å²) in [4.78, 5) is 41.4. The van der Waals surface area contributed by atoms with Gasteiger partial charge in [0.1, 0.15) is 5.69 Å². The molecule has 2 aromatic heterocycles. The number of anilines is 1. The van der Waals surface area contributed by atoms with Gasteiger partial charge in [0.25, 0.3) is 11.8 Å². The summed E-state index contributed by atoms with van der Waals surface area (Å²) in [7, 11) is 1.80. The topological polar surface area (TPSA) is 103 Å². The summed E-state index contributed by atoms with van der Waals surface area (Å²) in [6.07, 6.45) is 5.57. The first-order valence-corrected chi connectivity index (χ1v) is 12.1. The fraction of sp³-hybridized carbons (Fsp3) is 0.214. The van der Waals surface area contributed by atoms with E-state index in [0.29, 0.717) is 43.1 Å². The van der Waals surface area contributed by atoms with Crippen LogP contribution in [0.25, 0.3) is 23.1 Å². The van der Waals surface area contributed by atoms with E-state index in [0.717, 1.165) is 22.2 Å². The summed E-state index contributed by atoms with van der Waals surface area (Å²) in [6.45, 7) is 3.50. The Bertz CT molecular complexity index is 1510.